The van der Waals surface area contributed by atoms with Crippen LogP contribution in [0.15, 0.2) is 102 Å². The van der Waals surface area contributed by atoms with E-state index >= 15 is 0 Å². The minimum Gasteiger partial charge on any atom is -0.478 e. The van der Waals surface area contributed by atoms with Crippen LogP contribution in [0.2, 0.25) is 10.0 Å². The summed E-state index contributed by atoms with van der Waals surface area (Å²) < 4.78 is 14.6. The average Bonchev–Trinajstić information content (AvgIpc) is 2.99. The second-order valence-corrected chi connectivity index (χ2v) is 11.5. The predicted molar refractivity (Wildman–Crippen MR) is 171 cm³/mol. The highest BCUT2D eigenvalue weighted by Gasteiger charge is 2.19. The van der Waals surface area contributed by atoms with Gasteiger partial charge in [-0.05, 0) is 73.7 Å². The van der Waals surface area contributed by atoms with Gasteiger partial charge >= 0.3 is 5.97 Å². The third-order valence-corrected chi connectivity index (χ3v) is 7.81. The lowest BCUT2D eigenvalue weighted by Crippen LogP contribution is -2.30. The maximum atomic E-state index is 14.6. The second kappa shape index (κ2) is 14.7. The fraction of sp³-hybridized carbons (Fsp3) is 0.0625. The van der Waals surface area contributed by atoms with E-state index < -0.39 is 34.8 Å². The molecule has 12 heteroatoms. The number of benzene rings is 4. The Hall–Kier alpha value is -4.64. The van der Waals surface area contributed by atoms with Gasteiger partial charge in [0.05, 0.1) is 20.9 Å². The molecule has 224 valence electrons. The number of carbonyl (C=O) groups is 4. The normalized spacial score (nSPS) is 11.8. The van der Waals surface area contributed by atoms with Crippen LogP contribution in [0.25, 0.3) is 6.08 Å². The summed E-state index contributed by atoms with van der Waals surface area (Å²) in [7, 11) is 0. The number of aromatic carboxylic acids is 1. The van der Waals surface area contributed by atoms with Crippen molar-refractivity contribution in [2.45, 2.75) is 17.1 Å². The first-order valence-corrected chi connectivity index (χ1v) is 14.6. The Kier molecular flexibility index (Phi) is 10.8. The summed E-state index contributed by atoms with van der Waals surface area (Å²) in [6.45, 7) is 1.66. The summed E-state index contributed by atoms with van der Waals surface area (Å²) in [5, 5.41) is 16.6. The summed E-state index contributed by atoms with van der Waals surface area (Å²) in [4.78, 5) is 51.0. The van der Waals surface area contributed by atoms with E-state index in [1.807, 2.05) is 0 Å². The van der Waals surface area contributed by atoms with E-state index in [2.05, 4.69) is 16.0 Å². The summed E-state index contributed by atoms with van der Waals surface area (Å²) in [5.41, 5.74) is 0.439. The number of carboxylic acid groups (broad SMARTS) is 1. The first kappa shape index (κ1) is 32.3. The molecule has 0 saturated heterocycles. The maximum absolute atomic E-state index is 14.6. The third-order valence-electron chi connectivity index (χ3n) is 6.06. The molecule has 0 saturated carbocycles. The molecule has 1 atom stereocenters. The molecule has 3 amide bonds. The molecule has 0 radical (unpaired) electrons. The van der Waals surface area contributed by atoms with Crippen molar-refractivity contribution in [1.29, 1.82) is 0 Å². The number of anilines is 2. The molecule has 0 aromatic heterocycles. The quantitative estimate of drug-likeness (QED) is 0.105. The molecule has 1 unspecified atom stereocenters. The minimum atomic E-state index is -1.22. The molecule has 8 nitrogen and oxygen atoms in total. The first-order chi connectivity index (χ1) is 21.0. The van der Waals surface area contributed by atoms with Gasteiger partial charge in [-0.1, -0.05) is 53.5 Å². The Balaban J connectivity index is 1.50. The highest BCUT2D eigenvalue weighted by molar-refractivity contribution is 8.00. The molecule has 44 heavy (non-hydrogen) atoms. The number of carboxylic acids is 1. The molecular weight excluding hydrogens is 628 g/mol. The van der Waals surface area contributed by atoms with Crippen molar-refractivity contribution in [1.82, 2.24) is 5.32 Å². The molecule has 4 aromatic carbocycles. The van der Waals surface area contributed by atoms with Crippen LogP contribution in [0.3, 0.4) is 0 Å². The number of hydrogen-bond acceptors (Lipinski definition) is 5. The van der Waals surface area contributed by atoms with Crippen LogP contribution < -0.4 is 16.0 Å². The number of nitrogens with one attached hydrogen (secondary N) is 3. The zero-order valence-corrected chi connectivity index (χ0v) is 25.3. The van der Waals surface area contributed by atoms with Crippen molar-refractivity contribution in [3.05, 3.63) is 129 Å². The van der Waals surface area contributed by atoms with E-state index in [4.69, 9.17) is 23.2 Å². The van der Waals surface area contributed by atoms with Gasteiger partial charge in [-0.3, -0.25) is 14.4 Å². The fourth-order valence-corrected chi connectivity index (χ4v) is 5.19. The van der Waals surface area contributed by atoms with Gasteiger partial charge in [0, 0.05) is 27.4 Å². The smallest absolute Gasteiger partial charge is 0.337 e. The Labute approximate surface area is 266 Å². The van der Waals surface area contributed by atoms with Crippen LogP contribution in [-0.2, 0) is 9.59 Å². The highest BCUT2D eigenvalue weighted by atomic mass is 35.5. The van der Waals surface area contributed by atoms with Crippen molar-refractivity contribution >= 4 is 76.1 Å². The summed E-state index contributed by atoms with van der Waals surface area (Å²) in [6, 6.07) is 23.1. The SMILES string of the molecule is CC(Sc1cccc(NC(=O)/C(=C\c2c(F)cccc2Cl)NC(=O)c2ccccc2)c1)C(=O)Nc1ccc(Cl)c(C(=O)O)c1. The van der Waals surface area contributed by atoms with Gasteiger partial charge in [-0.15, -0.1) is 11.8 Å². The van der Waals surface area contributed by atoms with Crippen molar-refractivity contribution in [3.8, 4) is 0 Å². The molecule has 0 spiro atoms. The Morgan fingerprint density at radius 1 is 0.841 bits per heavy atom. The number of halogens is 3. The number of carbonyl (C=O) groups excluding carboxylic acids is 3. The molecule has 4 aromatic rings. The van der Waals surface area contributed by atoms with Crippen molar-refractivity contribution in [2.24, 2.45) is 0 Å². The molecule has 0 bridgehead atoms. The van der Waals surface area contributed by atoms with Crippen molar-refractivity contribution in [3.63, 3.8) is 0 Å². The molecule has 4 rings (SSSR count). The fourth-order valence-electron chi connectivity index (χ4n) is 3.85. The van der Waals surface area contributed by atoms with Crippen LogP contribution in [0, 0.1) is 5.82 Å². The van der Waals surface area contributed by atoms with E-state index in [-0.39, 0.29) is 38.1 Å². The number of rotatable bonds is 10. The number of amides is 3. The zero-order valence-electron chi connectivity index (χ0n) is 22.9. The van der Waals surface area contributed by atoms with Crippen LogP contribution >= 0.6 is 35.0 Å². The molecule has 0 heterocycles. The lowest BCUT2D eigenvalue weighted by atomic mass is 10.1. The summed E-state index contributed by atoms with van der Waals surface area (Å²) in [5.74, 6) is -3.61. The van der Waals surface area contributed by atoms with Crippen molar-refractivity contribution in [2.75, 3.05) is 10.6 Å². The van der Waals surface area contributed by atoms with Crippen LogP contribution in [0.5, 0.6) is 0 Å². The van der Waals surface area contributed by atoms with Crippen LogP contribution in [-0.4, -0.2) is 34.0 Å². The third kappa shape index (κ3) is 8.47. The molecule has 0 fully saturated rings. The van der Waals surface area contributed by atoms with Gasteiger partial charge in [-0.25, -0.2) is 9.18 Å². The molecule has 0 aliphatic rings. The topological polar surface area (TPSA) is 125 Å². The van der Waals surface area contributed by atoms with Gasteiger partial charge < -0.3 is 21.1 Å². The summed E-state index contributed by atoms with van der Waals surface area (Å²) >= 11 is 13.3. The van der Waals surface area contributed by atoms with Crippen molar-refractivity contribution < 1.29 is 28.7 Å². The predicted octanol–water partition coefficient (Wildman–Crippen LogP) is 7.36. The van der Waals surface area contributed by atoms with E-state index in [0.29, 0.717) is 10.6 Å². The molecular formula is C32H24Cl2FN3O5S. The number of thioether (sulfide) groups is 1. The molecule has 0 aliphatic carbocycles. The minimum absolute atomic E-state index is 0.0476. The number of hydrogen-bond donors (Lipinski definition) is 4. The van der Waals surface area contributed by atoms with Gasteiger partial charge in [0.2, 0.25) is 5.91 Å². The van der Waals surface area contributed by atoms with Gasteiger partial charge in [-0.2, -0.15) is 0 Å². The second-order valence-electron chi connectivity index (χ2n) is 9.24. The average molecular weight is 653 g/mol. The van der Waals surface area contributed by atoms with Gasteiger partial charge in [0.25, 0.3) is 11.8 Å². The van der Waals surface area contributed by atoms with E-state index in [9.17, 15) is 28.7 Å². The van der Waals surface area contributed by atoms with Gasteiger partial charge in [0.15, 0.2) is 0 Å². The Morgan fingerprint density at radius 3 is 2.25 bits per heavy atom. The van der Waals surface area contributed by atoms with Crippen LogP contribution in [0.4, 0.5) is 15.8 Å². The molecule has 4 N–H and O–H groups in total. The Morgan fingerprint density at radius 2 is 1.55 bits per heavy atom. The monoisotopic (exact) mass is 651 g/mol. The first-order valence-electron chi connectivity index (χ1n) is 13.0. The Bertz CT molecular complexity index is 1750. The standard InChI is InChI=1S/C32H24Cl2FN3O5S/c1-18(29(39)36-21-13-14-26(34)24(16-21)32(42)43)44-22-10-5-9-20(15-22)37-31(41)28(17-23-25(33)11-6-12-27(23)35)38-30(40)19-7-3-2-4-8-19/h2-18H,1H3,(H,36,39)(H,37,41)(H,38,40)(H,42,43)/b28-17+. The van der Waals surface area contributed by atoms with E-state index in [1.54, 1.807) is 61.5 Å². The van der Waals surface area contributed by atoms with E-state index in [0.717, 1.165) is 6.08 Å². The molecule has 0 aliphatic heterocycles. The van der Waals surface area contributed by atoms with Crippen LogP contribution in [0.1, 0.15) is 33.2 Å². The largest absolute Gasteiger partial charge is 0.478 e. The highest BCUT2D eigenvalue weighted by Crippen LogP contribution is 2.28. The zero-order chi connectivity index (χ0) is 31.8. The lowest BCUT2D eigenvalue weighted by molar-refractivity contribution is -0.115. The maximum Gasteiger partial charge on any atom is 0.337 e. The summed E-state index contributed by atoms with van der Waals surface area (Å²) in [6.07, 6.45) is 1.16. The van der Waals surface area contributed by atoms with Gasteiger partial charge in [0.1, 0.15) is 11.5 Å². The lowest BCUT2D eigenvalue weighted by Gasteiger charge is -2.15. The van der Waals surface area contributed by atoms with E-state index in [1.165, 1.54) is 48.2 Å².